The minimum Gasteiger partial charge on any atom is -0.413 e. The van der Waals surface area contributed by atoms with Crippen LogP contribution in [0.4, 0.5) is 0 Å². The Kier molecular flexibility index (Phi) is 8.30. The third-order valence-electron chi connectivity index (χ3n) is 5.69. The number of carbonyl (C=O) groups excluding carboxylic acids is 1. The Hall–Kier alpha value is -0.713. The Labute approximate surface area is 155 Å². The maximum Gasteiger partial charge on any atom is 0.192 e. The normalized spacial score (nSPS) is 23.0. The Bertz CT molecular complexity index is 500. The van der Waals surface area contributed by atoms with Crippen molar-refractivity contribution in [3.8, 4) is 0 Å². The van der Waals surface area contributed by atoms with E-state index >= 15 is 0 Å². The van der Waals surface area contributed by atoms with E-state index < -0.39 is 13.9 Å². The first-order valence-corrected chi connectivity index (χ1v) is 12.7. The van der Waals surface area contributed by atoms with Gasteiger partial charge in [0.1, 0.15) is 5.60 Å². The predicted molar refractivity (Wildman–Crippen MR) is 108 cm³/mol. The molecule has 0 fully saturated rings. The second kappa shape index (κ2) is 9.29. The quantitative estimate of drug-likeness (QED) is 0.313. The average molecular weight is 367 g/mol. The van der Waals surface area contributed by atoms with E-state index in [2.05, 4.69) is 40.8 Å². The first-order valence-electron chi connectivity index (χ1n) is 9.84. The van der Waals surface area contributed by atoms with Crippen LogP contribution in [-0.4, -0.2) is 31.4 Å². The predicted octanol–water partition coefficient (Wildman–Crippen LogP) is 5.56. The van der Waals surface area contributed by atoms with E-state index in [0.717, 1.165) is 12.8 Å². The number of hydrogen-bond acceptors (Lipinski definition) is 3. The molecule has 4 heteroatoms. The molecule has 0 amide bonds. The molecule has 144 valence electrons. The van der Waals surface area contributed by atoms with Gasteiger partial charge in [-0.2, -0.15) is 0 Å². The lowest BCUT2D eigenvalue weighted by Crippen LogP contribution is -2.41. The molecule has 0 aromatic carbocycles. The molecule has 1 aliphatic rings. The van der Waals surface area contributed by atoms with Gasteiger partial charge >= 0.3 is 0 Å². The maximum absolute atomic E-state index is 12.2. The Morgan fingerprint density at radius 1 is 1.16 bits per heavy atom. The van der Waals surface area contributed by atoms with Crippen LogP contribution < -0.4 is 0 Å². The summed E-state index contributed by atoms with van der Waals surface area (Å²) in [5, 5.41) is 11.0. The van der Waals surface area contributed by atoms with E-state index in [-0.39, 0.29) is 10.8 Å². The average Bonchev–Trinajstić information content (AvgIpc) is 2.78. The highest BCUT2D eigenvalue weighted by Gasteiger charge is 2.38. The number of allylic oxidation sites excluding steroid dienone is 1. The van der Waals surface area contributed by atoms with Crippen molar-refractivity contribution >= 4 is 14.1 Å². The third-order valence-corrected chi connectivity index (χ3v) is 10.2. The molecule has 0 spiro atoms. The summed E-state index contributed by atoms with van der Waals surface area (Å²) in [6, 6.07) is 0. The summed E-state index contributed by atoms with van der Waals surface area (Å²) < 4.78 is 6.14. The van der Waals surface area contributed by atoms with E-state index in [4.69, 9.17) is 4.43 Å². The van der Waals surface area contributed by atoms with Crippen LogP contribution in [0.5, 0.6) is 0 Å². The monoisotopic (exact) mass is 366 g/mol. The first-order chi connectivity index (χ1) is 11.5. The van der Waals surface area contributed by atoms with Crippen molar-refractivity contribution in [2.45, 2.75) is 96.4 Å². The van der Waals surface area contributed by atoms with Gasteiger partial charge in [-0.25, -0.2) is 0 Å². The van der Waals surface area contributed by atoms with Gasteiger partial charge in [0.2, 0.25) is 0 Å². The van der Waals surface area contributed by atoms with Crippen LogP contribution in [0.3, 0.4) is 0 Å². The molecule has 1 N–H and O–H groups in total. The molecule has 1 atom stereocenters. The summed E-state index contributed by atoms with van der Waals surface area (Å²) in [5.41, 5.74) is -0.599. The molecular formula is C21H38O3Si. The minimum atomic E-state index is -1.85. The van der Waals surface area contributed by atoms with Crippen molar-refractivity contribution in [1.82, 2.24) is 0 Å². The molecule has 25 heavy (non-hydrogen) atoms. The lowest BCUT2D eigenvalue weighted by atomic mass is 9.90. The van der Waals surface area contributed by atoms with Crippen LogP contribution in [-0.2, 0) is 9.22 Å². The fourth-order valence-corrected chi connectivity index (χ4v) is 3.76. The molecule has 0 heterocycles. The first kappa shape index (κ1) is 22.3. The SMILES string of the molecule is CCCCCCCC[C@@]1(O)C=CC(=O)/C1=C\CO[Si](C)(C)C(C)(C)C. The van der Waals surface area contributed by atoms with Crippen molar-refractivity contribution in [1.29, 1.82) is 0 Å². The number of hydrogen-bond donors (Lipinski definition) is 1. The van der Waals surface area contributed by atoms with E-state index in [9.17, 15) is 9.90 Å². The zero-order valence-electron chi connectivity index (χ0n) is 17.2. The van der Waals surface area contributed by atoms with Crippen LogP contribution in [0.2, 0.25) is 18.1 Å². The topological polar surface area (TPSA) is 46.5 Å². The molecule has 0 aromatic heterocycles. The zero-order valence-corrected chi connectivity index (χ0v) is 18.2. The van der Waals surface area contributed by atoms with Crippen LogP contribution >= 0.6 is 0 Å². The highest BCUT2D eigenvalue weighted by molar-refractivity contribution is 6.74. The molecule has 0 saturated carbocycles. The van der Waals surface area contributed by atoms with Gasteiger partial charge < -0.3 is 9.53 Å². The number of rotatable bonds is 10. The standard InChI is InChI=1S/C21H38O3Si/c1-7-8-9-10-11-12-15-21(23)16-13-19(22)18(21)14-17-24-25(5,6)20(2,3)4/h13-14,16,23H,7-12,15,17H2,1-6H3/b18-14+/t21-/m1/s1. The van der Waals surface area contributed by atoms with Crippen molar-refractivity contribution in [2.24, 2.45) is 0 Å². The van der Waals surface area contributed by atoms with Crippen molar-refractivity contribution in [2.75, 3.05) is 6.61 Å². The Morgan fingerprint density at radius 2 is 1.76 bits per heavy atom. The van der Waals surface area contributed by atoms with Gasteiger partial charge in [-0.1, -0.05) is 59.8 Å². The van der Waals surface area contributed by atoms with Gasteiger partial charge in [0.25, 0.3) is 0 Å². The molecule has 0 aromatic rings. The van der Waals surface area contributed by atoms with E-state index in [1.807, 2.05) is 0 Å². The maximum atomic E-state index is 12.2. The van der Waals surface area contributed by atoms with Gasteiger partial charge in [-0.3, -0.25) is 4.79 Å². The smallest absolute Gasteiger partial charge is 0.192 e. The number of ketones is 1. The minimum absolute atomic E-state index is 0.0766. The molecule has 0 bridgehead atoms. The number of aliphatic hydroxyl groups is 1. The lowest BCUT2D eigenvalue weighted by Gasteiger charge is -2.36. The highest BCUT2D eigenvalue weighted by Crippen LogP contribution is 2.37. The van der Waals surface area contributed by atoms with Crippen molar-refractivity contribution in [3.63, 3.8) is 0 Å². The summed E-state index contributed by atoms with van der Waals surface area (Å²) in [4.78, 5) is 12.2. The fourth-order valence-electron chi connectivity index (χ4n) is 2.83. The van der Waals surface area contributed by atoms with Crippen LogP contribution in [0, 0.1) is 0 Å². The number of unbranched alkanes of at least 4 members (excludes halogenated alkanes) is 5. The number of carbonyl (C=O) groups is 1. The van der Waals surface area contributed by atoms with Crippen LogP contribution in [0.25, 0.3) is 0 Å². The van der Waals surface area contributed by atoms with Gasteiger partial charge in [-0.15, -0.1) is 0 Å². The van der Waals surface area contributed by atoms with E-state index in [0.29, 0.717) is 18.6 Å². The van der Waals surface area contributed by atoms with Gasteiger partial charge in [-0.05, 0) is 49.2 Å². The molecular weight excluding hydrogens is 328 g/mol. The van der Waals surface area contributed by atoms with Gasteiger partial charge in [0.15, 0.2) is 14.1 Å². The second-order valence-electron chi connectivity index (χ2n) is 8.83. The molecule has 1 aliphatic carbocycles. The van der Waals surface area contributed by atoms with Crippen molar-refractivity contribution in [3.05, 3.63) is 23.8 Å². The fraction of sp³-hybridized carbons (Fsp3) is 0.762. The molecule has 3 nitrogen and oxygen atoms in total. The zero-order chi connectivity index (χ0) is 19.1. The molecule has 1 rings (SSSR count). The molecule has 0 radical (unpaired) electrons. The highest BCUT2D eigenvalue weighted by atomic mass is 28.4. The van der Waals surface area contributed by atoms with Gasteiger partial charge in [0, 0.05) is 5.57 Å². The van der Waals surface area contributed by atoms with Gasteiger partial charge in [0.05, 0.1) is 6.61 Å². The molecule has 0 aliphatic heterocycles. The second-order valence-corrected chi connectivity index (χ2v) is 13.6. The van der Waals surface area contributed by atoms with Crippen molar-refractivity contribution < 1.29 is 14.3 Å². The molecule has 0 saturated heterocycles. The summed E-state index contributed by atoms with van der Waals surface area (Å²) >= 11 is 0. The van der Waals surface area contributed by atoms with E-state index in [1.54, 1.807) is 12.2 Å². The van der Waals surface area contributed by atoms with E-state index in [1.165, 1.54) is 31.8 Å². The summed E-state index contributed by atoms with van der Waals surface area (Å²) in [6.45, 7) is 13.6. The Morgan fingerprint density at radius 3 is 2.36 bits per heavy atom. The third kappa shape index (κ3) is 6.50. The summed E-state index contributed by atoms with van der Waals surface area (Å²) in [5.74, 6) is -0.0766. The van der Waals surface area contributed by atoms with Crippen LogP contribution in [0.15, 0.2) is 23.8 Å². The largest absolute Gasteiger partial charge is 0.413 e. The summed E-state index contributed by atoms with van der Waals surface area (Å²) in [6.07, 6.45) is 12.6. The van der Waals surface area contributed by atoms with Crippen LogP contribution in [0.1, 0.15) is 72.6 Å². The lowest BCUT2D eigenvalue weighted by molar-refractivity contribution is -0.112. The molecule has 0 unspecified atom stereocenters. The Balaban J connectivity index is 2.59. The summed E-state index contributed by atoms with van der Waals surface area (Å²) in [7, 11) is -1.85.